The molecule has 0 bridgehead atoms. The van der Waals surface area contributed by atoms with Crippen LogP contribution in [0.4, 0.5) is 10.5 Å². The molecule has 0 aliphatic carbocycles. The molecule has 2 aromatic carbocycles. The van der Waals surface area contributed by atoms with Gasteiger partial charge in [-0.1, -0.05) is 36.4 Å². The molecule has 1 saturated heterocycles. The van der Waals surface area contributed by atoms with Crippen LogP contribution in [0.3, 0.4) is 0 Å². The number of imide groups is 1. The highest BCUT2D eigenvalue weighted by Gasteiger charge is 2.40. The van der Waals surface area contributed by atoms with Crippen LogP contribution in [0.5, 0.6) is 0 Å². The Labute approximate surface area is 120 Å². The van der Waals surface area contributed by atoms with Crippen LogP contribution in [0.2, 0.25) is 0 Å². The highest BCUT2D eigenvalue weighted by atomic mass is 16.4. The fourth-order valence-electron chi connectivity index (χ4n) is 2.48. The number of aliphatic carboxylic acids is 1. The summed E-state index contributed by atoms with van der Waals surface area (Å²) < 4.78 is 0. The van der Waals surface area contributed by atoms with Gasteiger partial charge in [-0.2, -0.15) is 0 Å². The minimum atomic E-state index is -1.13. The Morgan fingerprint density at radius 1 is 1.14 bits per heavy atom. The molecule has 1 aliphatic rings. The summed E-state index contributed by atoms with van der Waals surface area (Å²) in [4.78, 5) is 36.0. The molecule has 3 amide bonds. The van der Waals surface area contributed by atoms with Crippen molar-refractivity contribution in [2.24, 2.45) is 0 Å². The van der Waals surface area contributed by atoms with E-state index in [-0.39, 0.29) is 0 Å². The number of nitrogens with one attached hydrogen (secondary N) is 1. The van der Waals surface area contributed by atoms with E-state index in [9.17, 15) is 14.4 Å². The quantitative estimate of drug-likeness (QED) is 0.840. The molecule has 1 atom stereocenters. The molecule has 0 spiro atoms. The second kappa shape index (κ2) is 4.90. The number of amides is 3. The summed E-state index contributed by atoms with van der Waals surface area (Å²) in [6, 6.07) is 11.1. The number of fused-ring (bicyclic) bond motifs is 1. The predicted octanol–water partition coefficient (Wildman–Crippen LogP) is 1.74. The van der Waals surface area contributed by atoms with Crippen LogP contribution in [0.1, 0.15) is 6.42 Å². The van der Waals surface area contributed by atoms with E-state index in [1.54, 1.807) is 12.1 Å². The standard InChI is InChI=1S/C15H12N2O4/c18-13(19)8-11-14(20)17(15(21)16-11)12-7-3-5-9-4-1-2-6-10(9)12/h1-7,11H,8H2,(H,16,21)(H,18,19)/t11-/m1/s1. The fraction of sp³-hybridized carbons (Fsp3) is 0.133. The van der Waals surface area contributed by atoms with Crippen molar-refractivity contribution in [1.29, 1.82) is 0 Å². The fourth-order valence-corrected chi connectivity index (χ4v) is 2.48. The van der Waals surface area contributed by atoms with Gasteiger partial charge in [-0.05, 0) is 11.5 Å². The largest absolute Gasteiger partial charge is 0.481 e. The van der Waals surface area contributed by atoms with Gasteiger partial charge in [0.1, 0.15) is 6.04 Å². The number of carboxylic acids is 1. The Morgan fingerprint density at radius 2 is 1.86 bits per heavy atom. The molecule has 1 heterocycles. The summed E-state index contributed by atoms with van der Waals surface area (Å²) in [5.41, 5.74) is 0.462. The van der Waals surface area contributed by atoms with Crippen LogP contribution in [0.25, 0.3) is 10.8 Å². The Hall–Kier alpha value is -2.89. The van der Waals surface area contributed by atoms with Crippen LogP contribution in [-0.2, 0) is 9.59 Å². The number of hydrogen-bond acceptors (Lipinski definition) is 3. The lowest BCUT2D eigenvalue weighted by atomic mass is 10.1. The van der Waals surface area contributed by atoms with Gasteiger partial charge < -0.3 is 10.4 Å². The molecule has 0 aromatic heterocycles. The smallest absolute Gasteiger partial charge is 0.329 e. The number of benzene rings is 2. The van der Waals surface area contributed by atoms with Gasteiger partial charge in [0.05, 0.1) is 12.1 Å². The number of hydrogen-bond donors (Lipinski definition) is 2. The Kier molecular flexibility index (Phi) is 3.06. The van der Waals surface area contributed by atoms with E-state index < -0.39 is 30.4 Å². The van der Waals surface area contributed by atoms with Gasteiger partial charge in [0.25, 0.3) is 5.91 Å². The average Bonchev–Trinajstić information content (AvgIpc) is 2.72. The molecule has 2 aromatic rings. The molecule has 1 fully saturated rings. The number of urea groups is 1. The molecule has 1 aliphatic heterocycles. The molecule has 3 rings (SSSR count). The van der Waals surface area contributed by atoms with E-state index in [1.807, 2.05) is 30.3 Å². The van der Waals surface area contributed by atoms with E-state index in [0.29, 0.717) is 5.69 Å². The van der Waals surface area contributed by atoms with Gasteiger partial charge in [0.15, 0.2) is 0 Å². The number of carbonyl (C=O) groups excluding carboxylic acids is 2. The first-order chi connectivity index (χ1) is 10.1. The number of carboxylic acid groups (broad SMARTS) is 1. The second-order valence-corrected chi connectivity index (χ2v) is 4.77. The van der Waals surface area contributed by atoms with Gasteiger partial charge in [-0.3, -0.25) is 9.59 Å². The van der Waals surface area contributed by atoms with Crippen LogP contribution in [0.15, 0.2) is 42.5 Å². The van der Waals surface area contributed by atoms with Crippen molar-refractivity contribution >= 4 is 34.4 Å². The summed E-state index contributed by atoms with van der Waals surface area (Å²) in [5, 5.41) is 12.9. The molecule has 0 radical (unpaired) electrons. The molecule has 2 N–H and O–H groups in total. The monoisotopic (exact) mass is 284 g/mol. The third-order valence-electron chi connectivity index (χ3n) is 3.41. The maximum atomic E-state index is 12.3. The summed E-state index contributed by atoms with van der Waals surface area (Å²) in [6.07, 6.45) is -0.425. The van der Waals surface area contributed by atoms with Crippen LogP contribution in [-0.4, -0.2) is 29.1 Å². The van der Waals surface area contributed by atoms with Gasteiger partial charge in [0, 0.05) is 5.39 Å². The van der Waals surface area contributed by atoms with Crippen molar-refractivity contribution in [3.8, 4) is 0 Å². The van der Waals surface area contributed by atoms with Crippen LogP contribution in [0, 0.1) is 0 Å². The summed E-state index contributed by atoms with van der Waals surface area (Å²) >= 11 is 0. The minimum absolute atomic E-state index is 0.425. The first-order valence-corrected chi connectivity index (χ1v) is 6.42. The van der Waals surface area contributed by atoms with Crippen molar-refractivity contribution in [2.45, 2.75) is 12.5 Å². The lowest BCUT2D eigenvalue weighted by molar-refractivity contribution is -0.139. The minimum Gasteiger partial charge on any atom is -0.481 e. The third-order valence-corrected chi connectivity index (χ3v) is 3.41. The van der Waals surface area contributed by atoms with Gasteiger partial charge in [0.2, 0.25) is 0 Å². The molecule has 6 nitrogen and oxygen atoms in total. The number of carbonyl (C=O) groups is 3. The number of rotatable bonds is 3. The summed E-state index contributed by atoms with van der Waals surface area (Å²) in [7, 11) is 0. The zero-order valence-corrected chi connectivity index (χ0v) is 10.9. The first kappa shape index (κ1) is 13.1. The average molecular weight is 284 g/mol. The van der Waals surface area contributed by atoms with Crippen molar-refractivity contribution in [2.75, 3.05) is 4.90 Å². The maximum absolute atomic E-state index is 12.3. The maximum Gasteiger partial charge on any atom is 0.329 e. The highest BCUT2D eigenvalue weighted by Crippen LogP contribution is 2.29. The third kappa shape index (κ3) is 2.20. The molecule has 0 saturated carbocycles. The van der Waals surface area contributed by atoms with E-state index in [2.05, 4.69) is 5.32 Å². The molecular formula is C15H12N2O4. The molecule has 0 unspecified atom stereocenters. The summed E-state index contributed by atoms with van der Waals surface area (Å²) in [5.74, 6) is -1.67. The lowest BCUT2D eigenvalue weighted by Gasteiger charge is -2.15. The van der Waals surface area contributed by atoms with Crippen molar-refractivity contribution in [1.82, 2.24) is 5.32 Å². The highest BCUT2D eigenvalue weighted by molar-refractivity contribution is 6.24. The van der Waals surface area contributed by atoms with Gasteiger partial charge in [-0.15, -0.1) is 0 Å². The van der Waals surface area contributed by atoms with Crippen molar-refractivity contribution in [3.05, 3.63) is 42.5 Å². The van der Waals surface area contributed by atoms with Crippen LogP contribution >= 0.6 is 0 Å². The summed E-state index contributed by atoms with van der Waals surface area (Å²) in [6.45, 7) is 0. The Bertz CT molecular complexity index is 751. The first-order valence-electron chi connectivity index (χ1n) is 6.42. The van der Waals surface area contributed by atoms with Crippen LogP contribution < -0.4 is 10.2 Å². The molecular weight excluding hydrogens is 272 g/mol. The van der Waals surface area contributed by atoms with Crippen molar-refractivity contribution in [3.63, 3.8) is 0 Å². The predicted molar refractivity (Wildman–Crippen MR) is 76.0 cm³/mol. The molecule has 6 heteroatoms. The number of anilines is 1. The van der Waals surface area contributed by atoms with E-state index >= 15 is 0 Å². The van der Waals surface area contributed by atoms with E-state index in [4.69, 9.17) is 5.11 Å². The molecule has 21 heavy (non-hydrogen) atoms. The van der Waals surface area contributed by atoms with Crippen molar-refractivity contribution < 1.29 is 19.5 Å². The zero-order chi connectivity index (χ0) is 15.0. The SMILES string of the molecule is O=C(O)C[C@H]1NC(=O)N(c2cccc3ccccc23)C1=O. The normalized spacial score (nSPS) is 18.1. The second-order valence-electron chi connectivity index (χ2n) is 4.77. The lowest BCUT2D eigenvalue weighted by Crippen LogP contribution is -2.32. The molecule has 106 valence electrons. The Balaban J connectivity index is 2.04. The number of nitrogens with zero attached hydrogens (tertiary/aromatic N) is 1. The topological polar surface area (TPSA) is 86.7 Å². The van der Waals surface area contributed by atoms with Gasteiger partial charge in [-0.25, -0.2) is 9.69 Å². The van der Waals surface area contributed by atoms with E-state index in [1.165, 1.54) is 0 Å². The zero-order valence-electron chi connectivity index (χ0n) is 10.9. The van der Waals surface area contributed by atoms with Gasteiger partial charge >= 0.3 is 12.0 Å². The van der Waals surface area contributed by atoms with E-state index in [0.717, 1.165) is 15.7 Å². The Morgan fingerprint density at radius 3 is 2.62 bits per heavy atom.